The second-order valence-corrected chi connectivity index (χ2v) is 8.05. The van der Waals surface area contributed by atoms with Crippen molar-refractivity contribution in [1.82, 2.24) is 0 Å². The molecule has 0 N–H and O–H groups in total. The molecule has 0 aliphatic heterocycles. The van der Waals surface area contributed by atoms with Crippen LogP contribution in [0.4, 0.5) is 0 Å². The van der Waals surface area contributed by atoms with Crippen LogP contribution in [0.15, 0.2) is 0 Å². The Bertz CT molecular complexity index is 222. The Morgan fingerprint density at radius 2 is 0.913 bits per heavy atom. The lowest BCUT2D eigenvalue weighted by Gasteiger charge is -2.28. The minimum absolute atomic E-state index is 0. The van der Waals surface area contributed by atoms with Crippen molar-refractivity contribution >= 4 is 11.6 Å². The molecule has 23 heavy (non-hydrogen) atoms. The summed E-state index contributed by atoms with van der Waals surface area (Å²) in [7, 11) is 4.59. The second-order valence-electron chi connectivity index (χ2n) is 7.67. The van der Waals surface area contributed by atoms with Gasteiger partial charge in [0.05, 0.1) is 33.1 Å². The predicted molar refractivity (Wildman–Crippen MR) is 103 cm³/mol. The molecule has 0 amide bonds. The van der Waals surface area contributed by atoms with Crippen molar-refractivity contribution in [2.75, 3.05) is 33.1 Å². The Balaban J connectivity index is 0. The number of halogens is 2. The average Bonchev–Trinajstić information content (AvgIpc) is 2.47. The van der Waals surface area contributed by atoms with E-state index in [1.54, 1.807) is 0 Å². The Morgan fingerprint density at radius 1 is 0.565 bits per heavy atom. The van der Waals surface area contributed by atoms with Gasteiger partial charge in [0.25, 0.3) is 0 Å². The molecule has 1 nitrogen and oxygen atoms in total. The summed E-state index contributed by atoms with van der Waals surface area (Å²) >= 11 is 5.84. The normalized spacial score (nSPS) is 11.5. The summed E-state index contributed by atoms with van der Waals surface area (Å²) in [6, 6.07) is 0. The average molecular weight is 413 g/mol. The fourth-order valence-electron chi connectivity index (χ4n) is 3.07. The summed E-state index contributed by atoms with van der Waals surface area (Å²) < 4.78 is 1.09. The van der Waals surface area contributed by atoms with E-state index < -0.39 is 0 Å². The highest BCUT2D eigenvalue weighted by molar-refractivity contribution is 6.17. The van der Waals surface area contributed by atoms with Gasteiger partial charge in [-0.3, -0.25) is 0 Å². The largest absolute Gasteiger partial charge is 1.00 e. The van der Waals surface area contributed by atoms with Gasteiger partial charge in [-0.25, -0.2) is 0 Å². The maximum atomic E-state index is 5.84. The van der Waals surface area contributed by atoms with E-state index in [1.165, 1.54) is 96.4 Å². The van der Waals surface area contributed by atoms with Crippen LogP contribution in [-0.4, -0.2) is 37.5 Å². The quantitative estimate of drug-likeness (QED) is 0.194. The minimum atomic E-state index is 0. The van der Waals surface area contributed by atoms with Gasteiger partial charge in [-0.1, -0.05) is 84.0 Å². The molecular weight excluding hydrogens is 370 g/mol. The van der Waals surface area contributed by atoms with Gasteiger partial charge < -0.3 is 21.5 Å². The van der Waals surface area contributed by atoms with Crippen molar-refractivity contribution in [2.24, 2.45) is 0 Å². The van der Waals surface area contributed by atoms with Crippen molar-refractivity contribution < 1.29 is 21.5 Å². The molecule has 0 aromatic heterocycles. The number of unbranched alkanes of at least 4 members (excludes halogenated alkanes) is 13. The van der Waals surface area contributed by atoms with Crippen LogP contribution in [0.5, 0.6) is 0 Å². The zero-order valence-electron chi connectivity index (χ0n) is 16.2. The van der Waals surface area contributed by atoms with Gasteiger partial charge in [0.1, 0.15) is 0 Å². The van der Waals surface area contributed by atoms with Gasteiger partial charge in [0, 0.05) is 0 Å². The van der Waals surface area contributed by atoms with Crippen LogP contribution in [0.1, 0.15) is 96.8 Å². The predicted octanol–water partition coefficient (Wildman–Crippen LogP) is 3.79. The molecule has 0 aliphatic rings. The molecule has 142 valence electrons. The van der Waals surface area contributed by atoms with E-state index in [-0.39, 0.29) is 17.0 Å². The molecular formula is C20H43BrClN. The first-order valence-electron chi connectivity index (χ1n) is 10.0. The van der Waals surface area contributed by atoms with Gasteiger partial charge in [0.15, 0.2) is 0 Å². The summed E-state index contributed by atoms with van der Waals surface area (Å²) in [4.78, 5) is 0. The smallest absolute Gasteiger partial charge is 0.0920 e. The Hall–Kier alpha value is 0.730. The molecule has 0 saturated heterocycles. The van der Waals surface area contributed by atoms with Gasteiger partial charge in [-0.05, 0) is 12.8 Å². The van der Waals surface area contributed by atoms with Crippen molar-refractivity contribution in [1.29, 1.82) is 0 Å². The van der Waals surface area contributed by atoms with Crippen LogP contribution in [0.25, 0.3) is 0 Å². The monoisotopic (exact) mass is 411 g/mol. The fraction of sp³-hybridized carbons (Fsp3) is 1.00. The molecule has 0 atom stereocenters. The molecule has 0 aliphatic carbocycles. The molecule has 0 spiro atoms. The lowest BCUT2D eigenvalue weighted by Crippen LogP contribution is -3.00. The van der Waals surface area contributed by atoms with E-state index in [1.807, 2.05) is 0 Å². The maximum absolute atomic E-state index is 5.84. The van der Waals surface area contributed by atoms with E-state index in [9.17, 15) is 0 Å². The van der Waals surface area contributed by atoms with Gasteiger partial charge in [0.2, 0.25) is 0 Å². The van der Waals surface area contributed by atoms with Gasteiger partial charge in [-0.15, -0.1) is 11.6 Å². The van der Waals surface area contributed by atoms with E-state index in [2.05, 4.69) is 21.0 Å². The van der Waals surface area contributed by atoms with Crippen molar-refractivity contribution in [3.63, 3.8) is 0 Å². The lowest BCUT2D eigenvalue weighted by molar-refractivity contribution is -0.888. The standard InChI is InChI=1S/C20H43ClN.BrH/c1-4-5-6-7-8-9-10-11-12-13-14-15-16-17-19-22(2,3)20-18-21;/h4-20H2,1-3H3;1H/q+1;/p-1. The Morgan fingerprint density at radius 3 is 1.26 bits per heavy atom. The molecule has 0 bridgehead atoms. The van der Waals surface area contributed by atoms with E-state index in [0.29, 0.717) is 0 Å². The number of nitrogens with zero attached hydrogens (tertiary/aromatic N) is 1. The molecule has 0 aromatic rings. The van der Waals surface area contributed by atoms with Crippen molar-refractivity contribution in [3.05, 3.63) is 0 Å². The Kier molecular flexibility index (Phi) is 21.5. The molecule has 0 fully saturated rings. The van der Waals surface area contributed by atoms with E-state index >= 15 is 0 Å². The molecule has 3 heteroatoms. The van der Waals surface area contributed by atoms with Gasteiger partial charge in [-0.2, -0.15) is 0 Å². The van der Waals surface area contributed by atoms with Crippen molar-refractivity contribution in [2.45, 2.75) is 96.8 Å². The number of hydrogen-bond donors (Lipinski definition) is 0. The first kappa shape index (κ1) is 26.0. The lowest BCUT2D eigenvalue weighted by atomic mass is 10.0. The minimum Gasteiger partial charge on any atom is -1.00 e. The molecule has 0 rings (SSSR count). The van der Waals surface area contributed by atoms with Gasteiger partial charge >= 0.3 is 0 Å². The topological polar surface area (TPSA) is 0 Å². The highest BCUT2D eigenvalue weighted by atomic mass is 79.9. The summed E-state index contributed by atoms with van der Waals surface area (Å²) in [5.41, 5.74) is 0. The van der Waals surface area contributed by atoms with E-state index in [4.69, 9.17) is 11.6 Å². The summed E-state index contributed by atoms with van der Waals surface area (Å²) in [5.74, 6) is 0.783. The van der Waals surface area contributed by atoms with Crippen LogP contribution in [0.3, 0.4) is 0 Å². The molecule has 0 radical (unpaired) electrons. The zero-order valence-corrected chi connectivity index (χ0v) is 18.6. The van der Waals surface area contributed by atoms with Crippen molar-refractivity contribution in [3.8, 4) is 0 Å². The van der Waals surface area contributed by atoms with E-state index in [0.717, 1.165) is 16.9 Å². The highest BCUT2D eigenvalue weighted by Gasteiger charge is 2.12. The second kappa shape index (κ2) is 19.1. The first-order chi connectivity index (χ1) is 10.6. The molecule has 0 heterocycles. The Labute approximate surface area is 162 Å². The summed E-state index contributed by atoms with van der Waals surface area (Å²) in [6.45, 7) is 4.67. The van der Waals surface area contributed by atoms with Crippen LogP contribution in [0, 0.1) is 0 Å². The maximum Gasteiger partial charge on any atom is 0.0920 e. The third kappa shape index (κ3) is 20.7. The molecule has 0 aromatic carbocycles. The van der Waals surface area contributed by atoms with Crippen LogP contribution < -0.4 is 17.0 Å². The summed E-state index contributed by atoms with van der Waals surface area (Å²) in [5, 5.41) is 0. The third-order valence-corrected chi connectivity index (χ3v) is 4.98. The SMILES string of the molecule is CCCCCCCCCCCCCCCC[N+](C)(C)CCCl.[Br-]. The first-order valence-corrected chi connectivity index (χ1v) is 10.5. The number of hydrogen-bond acceptors (Lipinski definition) is 0. The number of alkyl halides is 1. The fourth-order valence-corrected chi connectivity index (χ4v) is 3.53. The molecule has 0 saturated carbocycles. The van der Waals surface area contributed by atoms with Crippen LogP contribution >= 0.6 is 11.6 Å². The highest BCUT2D eigenvalue weighted by Crippen LogP contribution is 2.13. The number of rotatable bonds is 17. The number of quaternary nitrogens is 1. The van der Waals surface area contributed by atoms with Crippen LogP contribution in [-0.2, 0) is 0 Å². The molecule has 0 unspecified atom stereocenters. The summed E-state index contributed by atoms with van der Waals surface area (Å²) in [6.07, 6.45) is 20.1. The van der Waals surface area contributed by atoms with Crippen LogP contribution in [0.2, 0.25) is 0 Å². The third-order valence-electron chi connectivity index (χ3n) is 4.81. The zero-order chi connectivity index (χ0) is 16.5.